The highest BCUT2D eigenvalue weighted by Crippen LogP contribution is 2.20. The summed E-state index contributed by atoms with van der Waals surface area (Å²) in [5.41, 5.74) is 8.86. The van der Waals surface area contributed by atoms with Gasteiger partial charge in [0.05, 0.1) is 23.6 Å². The Labute approximate surface area is 72.0 Å². The molecule has 0 unspecified atom stereocenters. The summed E-state index contributed by atoms with van der Waals surface area (Å²) in [6, 6.07) is 0. The minimum absolute atomic E-state index is 0.863. The van der Waals surface area contributed by atoms with Gasteiger partial charge < -0.3 is 5.73 Å². The van der Waals surface area contributed by atoms with Gasteiger partial charge in [-0.2, -0.15) is 5.10 Å². The summed E-state index contributed by atoms with van der Waals surface area (Å²) < 4.78 is 2.02. The van der Waals surface area contributed by atoms with Crippen molar-refractivity contribution < 1.29 is 0 Å². The van der Waals surface area contributed by atoms with E-state index in [0.29, 0.717) is 0 Å². The molecule has 2 N–H and O–H groups in total. The molecule has 0 atom stereocenters. The van der Waals surface area contributed by atoms with Crippen LogP contribution in [0.4, 0.5) is 5.69 Å². The lowest BCUT2D eigenvalue weighted by Crippen LogP contribution is -2.30. The van der Waals surface area contributed by atoms with Crippen molar-refractivity contribution >= 4 is 5.69 Å². The van der Waals surface area contributed by atoms with Crippen molar-refractivity contribution in [3.05, 3.63) is 11.4 Å². The molecule has 4 nitrogen and oxygen atoms in total. The Balaban J connectivity index is 2.44. The molecule has 2 heterocycles. The third kappa shape index (κ3) is 0.992. The third-order valence-electron chi connectivity index (χ3n) is 2.40. The van der Waals surface area contributed by atoms with E-state index >= 15 is 0 Å². The quantitative estimate of drug-likeness (QED) is 0.599. The molecular weight excluding hydrogens is 152 g/mol. The Bertz CT molecular complexity index is 302. The van der Waals surface area contributed by atoms with Gasteiger partial charge in [0.1, 0.15) is 0 Å². The molecule has 0 fully saturated rings. The largest absolute Gasteiger partial charge is 0.396 e. The molecule has 0 radical (unpaired) electrons. The lowest BCUT2D eigenvalue weighted by molar-refractivity contribution is 0.259. The van der Waals surface area contributed by atoms with Gasteiger partial charge in [-0.25, -0.2) is 0 Å². The van der Waals surface area contributed by atoms with Crippen LogP contribution < -0.4 is 5.73 Å². The molecule has 0 aliphatic carbocycles. The van der Waals surface area contributed by atoms with Crippen LogP contribution in [-0.2, 0) is 13.1 Å². The number of aromatic nitrogens is 2. The molecule has 4 heteroatoms. The van der Waals surface area contributed by atoms with Crippen molar-refractivity contribution in [2.24, 2.45) is 0 Å². The highest BCUT2D eigenvalue weighted by molar-refractivity contribution is 5.47. The van der Waals surface area contributed by atoms with E-state index in [-0.39, 0.29) is 0 Å². The Kier molecular flexibility index (Phi) is 1.58. The molecule has 0 saturated carbocycles. The fourth-order valence-corrected chi connectivity index (χ4v) is 1.60. The third-order valence-corrected chi connectivity index (χ3v) is 2.40. The molecule has 0 spiro atoms. The minimum atomic E-state index is 0.863. The summed E-state index contributed by atoms with van der Waals surface area (Å²) >= 11 is 0. The van der Waals surface area contributed by atoms with Gasteiger partial charge in [0.2, 0.25) is 0 Å². The van der Waals surface area contributed by atoms with Gasteiger partial charge >= 0.3 is 0 Å². The molecular formula is C8H14N4. The molecule has 0 bridgehead atoms. The van der Waals surface area contributed by atoms with Gasteiger partial charge in [0.15, 0.2) is 0 Å². The van der Waals surface area contributed by atoms with Crippen molar-refractivity contribution in [2.75, 3.05) is 19.3 Å². The van der Waals surface area contributed by atoms with Gasteiger partial charge in [-0.05, 0) is 14.0 Å². The van der Waals surface area contributed by atoms with Crippen LogP contribution in [0.25, 0.3) is 0 Å². The fourth-order valence-electron chi connectivity index (χ4n) is 1.60. The number of nitrogens with zero attached hydrogens (tertiary/aromatic N) is 3. The zero-order chi connectivity index (χ0) is 8.72. The fraction of sp³-hybridized carbons (Fsp3) is 0.625. The maximum Gasteiger partial charge on any atom is 0.0826 e. The summed E-state index contributed by atoms with van der Waals surface area (Å²) in [6.45, 7) is 4.91. The van der Waals surface area contributed by atoms with Crippen LogP contribution in [0, 0.1) is 6.92 Å². The van der Waals surface area contributed by atoms with Crippen LogP contribution in [0.3, 0.4) is 0 Å². The Morgan fingerprint density at radius 2 is 2.17 bits per heavy atom. The average Bonchev–Trinajstić information content (AvgIpc) is 2.31. The molecule has 1 aliphatic rings. The molecule has 0 amide bonds. The predicted molar refractivity (Wildman–Crippen MR) is 47.7 cm³/mol. The number of nitrogens with two attached hydrogens (primary N) is 1. The zero-order valence-corrected chi connectivity index (χ0v) is 7.54. The molecule has 66 valence electrons. The number of rotatable bonds is 0. The van der Waals surface area contributed by atoms with Gasteiger partial charge in [0.25, 0.3) is 0 Å². The first-order chi connectivity index (χ1) is 5.68. The summed E-state index contributed by atoms with van der Waals surface area (Å²) in [5.74, 6) is 0. The van der Waals surface area contributed by atoms with Crippen molar-refractivity contribution in [3.8, 4) is 0 Å². The van der Waals surface area contributed by atoms with E-state index in [1.807, 2.05) is 11.6 Å². The van der Waals surface area contributed by atoms with Crippen LogP contribution in [0.2, 0.25) is 0 Å². The molecule has 1 aliphatic heterocycles. The molecule has 1 aromatic rings. The smallest absolute Gasteiger partial charge is 0.0826 e. The maximum absolute atomic E-state index is 5.88. The minimum Gasteiger partial charge on any atom is -0.396 e. The van der Waals surface area contributed by atoms with Gasteiger partial charge in [-0.15, -0.1) is 0 Å². The van der Waals surface area contributed by atoms with Crippen molar-refractivity contribution in [1.29, 1.82) is 0 Å². The zero-order valence-electron chi connectivity index (χ0n) is 7.54. The molecule has 0 aromatic carbocycles. The number of fused-ring (bicyclic) bond motifs is 1. The van der Waals surface area contributed by atoms with Gasteiger partial charge in [-0.1, -0.05) is 0 Å². The number of anilines is 1. The summed E-state index contributed by atoms with van der Waals surface area (Å²) in [5, 5.41) is 4.35. The van der Waals surface area contributed by atoms with Crippen molar-refractivity contribution in [1.82, 2.24) is 14.7 Å². The van der Waals surface area contributed by atoms with Crippen LogP contribution in [0.5, 0.6) is 0 Å². The lowest BCUT2D eigenvalue weighted by Gasteiger charge is -2.23. The summed E-state index contributed by atoms with van der Waals surface area (Å²) in [6.07, 6.45) is 0. The molecule has 12 heavy (non-hydrogen) atoms. The summed E-state index contributed by atoms with van der Waals surface area (Å²) in [4.78, 5) is 2.26. The second kappa shape index (κ2) is 2.48. The first kappa shape index (κ1) is 7.61. The SMILES string of the molecule is Cc1nn2c(c1N)CN(C)CC2. The van der Waals surface area contributed by atoms with E-state index in [2.05, 4.69) is 17.0 Å². The lowest BCUT2D eigenvalue weighted by atomic mass is 10.2. The van der Waals surface area contributed by atoms with Crippen molar-refractivity contribution in [2.45, 2.75) is 20.0 Å². The van der Waals surface area contributed by atoms with E-state index in [0.717, 1.165) is 31.0 Å². The Morgan fingerprint density at radius 1 is 1.42 bits per heavy atom. The molecule has 0 saturated heterocycles. The summed E-state index contributed by atoms with van der Waals surface area (Å²) in [7, 11) is 2.10. The normalized spacial score (nSPS) is 17.8. The number of hydrogen-bond donors (Lipinski definition) is 1. The van der Waals surface area contributed by atoms with Crippen LogP contribution in [0.15, 0.2) is 0 Å². The molecule has 2 rings (SSSR count). The Morgan fingerprint density at radius 3 is 2.92 bits per heavy atom. The second-order valence-corrected chi connectivity index (χ2v) is 3.41. The number of likely N-dealkylation sites (N-methyl/N-ethyl adjacent to an activating group) is 1. The van der Waals surface area contributed by atoms with E-state index in [1.54, 1.807) is 0 Å². The number of aryl methyl sites for hydroxylation is 1. The highest BCUT2D eigenvalue weighted by Gasteiger charge is 2.18. The first-order valence-electron chi connectivity index (χ1n) is 4.19. The Hall–Kier alpha value is -1.03. The monoisotopic (exact) mass is 166 g/mol. The van der Waals surface area contributed by atoms with Gasteiger partial charge in [0, 0.05) is 13.1 Å². The van der Waals surface area contributed by atoms with E-state index in [1.165, 1.54) is 5.69 Å². The van der Waals surface area contributed by atoms with E-state index < -0.39 is 0 Å². The van der Waals surface area contributed by atoms with Crippen LogP contribution >= 0.6 is 0 Å². The van der Waals surface area contributed by atoms with Crippen LogP contribution in [-0.4, -0.2) is 28.3 Å². The van der Waals surface area contributed by atoms with Crippen molar-refractivity contribution in [3.63, 3.8) is 0 Å². The topological polar surface area (TPSA) is 47.1 Å². The van der Waals surface area contributed by atoms with Gasteiger partial charge in [-0.3, -0.25) is 9.58 Å². The highest BCUT2D eigenvalue weighted by atomic mass is 15.3. The molecule has 1 aromatic heterocycles. The van der Waals surface area contributed by atoms with E-state index in [9.17, 15) is 0 Å². The average molecular weight is 166 g/mol. The maximum atomic E-state index is 5.88. The second-order valence-electron chi connectivity index (χ2n) is 3.41. The van der Waals surface area contributed by atoms with E-state index in [4.69, 9.17) is 5.73 Å². The van der Waals surface area contributed by atoms with Crippen LogP contribution in [0.1, 0.15) is 11.4 Å². The number of nitrogen functional groups attached to an aromatic ring is 1. The standard InChI is InChI=1S/C8H14N4/c1-6-8(9)7-5-11(2)3-4-12(7)10-6/h3-5,9H2,1-2H3. The first-order valence-corrected chi connectivity index (χ1v) is 4.19. The predicted octanol–water partition coefficient (Wildman–Crippen LogP) is 0.219. The number of hydrogen-bond acceptors (Lipinski definition) is 3.